The molecule has 1 saturated carbocycles. The van der Waals surface area contributed by atoms with E-state index in [1.54, 1.807) is 0 Å². The predicted molar refractivity (Wildman–Crippen MR) is 72.4 cm³/mol. The van der Waals surface area contributed by atoms with Gasteiger partial charge in [-0.2, -0.15) is 0 Å². The van der Waals surface area contributed by atoms with Gasteiger partial charge >= 0.3 is 5.69 Å². The van der Waals surface area contributed by atoms with Crippen molar-refractivity contribution < 1.29 is 14.5 Å². The van der Waals surface area contributed by atoms with Gasteiger partial charge in [-0.05, 0) is 24.8 Å². The summed E-state index contributed by atoms with van der Waals surface area (Å²) in [7, 11) is 0. The Morgan fingerprint density at radius 2 is 2.20 bits per heavy atom. The highest BCUT2D eigenvalue weighted by Gasteiger charge is 2.48. The number of hydrogen-bond donors (Lipinski definition) is 2. The maximum atomic E-state index is 11.5. The summed E-state index contributed by atoms with van der Waals surface area (Å²) in [6.07, 6.45) is 1.57. The number of nitrogens with two attached hydrogens (primary N) is 2. The molecular formula is C12H14ClN3O4. The van der Waals surface area contributed by atoms with Crippen molar-refractivity contribution in [2.45, 2.75) is 18.4 Å². The Labute approximate surface area is 120 Å². The van der Waals surface area contributed by atoms with Gasteiger partial charge in [0.1, 0.15) is 12.1 Å². The Hall–Kier alpha value is -1.86. The molecule has 1 aliphatic carbocycles. The van der Waals surface area contributed by atoms with Crippen LogP contribution in [0.3, 0.4) is 0 Å². The first-order valence-electron chi connectivity index (χ1n) is 6.00. The molecule has 0 radical (unpaired) electrons. The molecule has 0 spiro atoms. The van der Waals surface area contributed by atoms with Crippen LogP contribution >= 0.6 is 11.6 Å². The summed E-state index contributed by atoms with van der Waals surface area (Å²) in [5.74, 6) is -0.841. The number of primary amides is 1. The number of halogens is 1. The van der Waals surface area contributed by atoms with Gasteiger partial charge < -0.3 is 16.2 Å². The molecule has 8 heteroatoms. The Morgan fingerprint density at radius 1 is 1.55 bits per heavy atom. The normalized spacial score (nSPS) is 17.3. The van der Waals surface area contributed by atoms with E-state index < -0.39 is 16.4 Å². The molecule has 1 fully saturated rings. The lowest BCUT2D eigenvalue weighted by Crippen LogP contribution is -2.58. The maximum Gasteiger partial charge on any atom is 0.312 e. The zero-order chi connectivity index (χ0) is 14.9. The van der Waals surface area contributed by atoms with Gasteiger partial charge in [-0.3, -0.25) is 14.9 Å². The van der Waals surface area contributed by atoms with Crippen LogP contribution in [0.15, 0.2) is 18.2 Å². The Balaban J connectivity index is 2.22. The summed E-state index contributed by atoms with van der Waals surface area (Å²) >= 11 is 5.89. The van der Waals surface area contributed by atoms with Gasteiger partial charge in [0.2, 0.25) is 11.7 Å². The van der Waals surface area contributed by atoms with Crippen molar-refractivity contribution in [3.63, 3.8) is 0 Å². The highest BCUT2D eigenvalue weighted by atomic mass is 35.5. The van der Waals surface area contributed by atoms with Crippen LogP contribution in [0.5, 0.6) is 5.75 Å². The fraction of sp³-hybridized carbons (Fsp3) is 0.417. The lowest BCUT2D eigenvalue weighted by atomic mass is 9.95. The quantitative estimate of drug-likeness (QED) is 0.604. The van der Waals surface area contributed by atoms with Crippen molar-refractivity contribution in [1.82, 2.24) is 0 Å². The molecule has 4 N–H and O–H groups in total. The number of para-hydroxylation sites is 1. The van der Waals surface area contributed by atoms with Crippen LogP contribution in [-0.4, -0.2) is 23.0 Å². The SMILES string of the molecule is NC(=O)C(N)(COc1c(Cl)cccc1[N+](=O)[O-])C1CC1. The number of hydrogen-bond acceptors (Lipinski definition) is 5. The topological polar surface area (TPSA) is 121 Å². The first-order valence-corrected chi connectivity index (χ1v) is 6.38. The molecular weight excluding hydrogens is 286 g/mol. The average Bonchev–Trinajstić information content (AvgIpc) is 3.20. The molecule has 1 atom stereocenters. The van der Waals surface area contributed by atoms with E-state index in [1.807, 2.05) is 0 Å². The number of amides is 1. The van der Waals surface area contributed by atoms with E-state index in [1.165, 1.54) is 18.2 Å². The smallest absolute Gasteiger partial charge is 0.312 e. The van der Waals surface area contributed by atoms with Crippen LogP contribution in [-0.2, 0) is 4.79 Å². The molecule has 20 heavy (non-hydrogen) atoms. The summed E-state index contributed by atoms with van der Waals surface area (Å²) < 4.78 is 5.36. The van der Waals surface area contributed by atoms with E-state index in [0.29, 0.717) is 0 Å². The van der Waals surface area contributed by atoms with E-state index >= 15 is 0 Å². The molecule has 0 aliphatic heterocycles. The number of carbonyl (C=O) groups excluding carboxylic acids is 1. The van der Waals surface area contributed by atoms with Crippen LogP contribution in [0, 0.1) is 16.0 Å². The molecule has 0 heterocycles. The standard InChI is InChI=1S/C12H14ClN3O4/c13-8-2-1-3-9(16(18)19)10(8)20-6-12(15,11(14)17)7-4-5-7/h1-3,7H,4-6,15H2,(H2,14,17). The molecule has 1 amide bonds. The largest absolute Gasteiger partial charge is 0.483 e. The van der Waals surface area contributed by atoms with Crippen molar-refractivity contribution >= 4 is 23.2 Å². The Morgan fingerprint density at radius 3 is 2.70 bits per heavy atom. The van der Waals surface area contributed by atoms with Crippen LogP contribution in [0.25, 0.3) is 0 Å². The maximum absolute atomic E-state index is 11.5. The zero-order valence-electron chi connectivity index (χ0n) is 10.5. The lowest BCUT2D eigenvalue weighted by Gasteiger charge is -2.25. The fourth-order valence-electron chi connectivity index (χ4n) is 1.96. The molecule has 0 bridgehead atoms. The van der Waals surface area contributed by atoms with E-state index in [2.05, 4.69) is 0 Å². The summed E-state index contributed by atoms with van der Waals surface area (Å²) in [6, 6.07) is 4.17. The van der Waals surface area contributed by atoms with Crippen molar-refractivity contribution in [3.05, 3.63) is 33.3 Å². The van der Waals surface area contributed by atoms with E-state index in [-0.39, 0.29) is 29.0 Å². The number of ether oxygens (including phenoxy) is 1. The lowest BCUT2D eigenvalue weighted by molar-refractivity contribution is -0.385. The van der Waals surface area contributed by atoms with E-state index in [0.717, 1.165) is 12.8 Å². The van der Waals surface area contributed by atoms with Crippen LogP contribution < -0.4 is 16.2 Å². The third kappa shape index (κ3) is 2.68. The summed E-state index contributed by atoms with van der Waals surface area (Å²) in [5.41, 5.74) is 9.65. The molecule has 0 aromatic heterocycles. The first-order chi connectivity index (χ1) is 9.36. The van der Waals surface area contributed by atoms with Crippen LogP contribution in [0.2, 0.25) is 5.02 Å². The minimum atomic E-state index is -1.33. The van der Waals surface area contributed by atoms with Gasteiger partial charge in [-0.25, -0.2) is 0 Å². The third-order valence-electron chi connectivity index (χ3n) is 3.36. The number of nitro groups is 1. The van der Waals surface area contributed by atoms with Crippen molar-refractivity contribution in [2.75, 3.05) is 6.61 Å². The molecule has 0 saturated heterocycles. The fourth-order valence-corrected chi connectivity index (χ4v) is 2.19. The molecule has 1 aliphatic rings. The number of carbonyl (C=O) groups is 1. The summed E-state index contributed by atoms with van der Waals surface area (Å²) in [5, 5.41) is 11.0. The second-order valence-electron chi connectivity index (χ2n) is 4.81. The monoisotopic (exact) mass is 299 g/mol. The number of rotatable bonds is 6. The molecule has 2 rings (SSSR count). The van der Waals surface area contributed by atoms with Crippen LogP contribution in [0.1, 0.15) is 12.8 Å². The second kappa shape index (κ2) is 5.26. The molecule has 108 valence electrons. The third-order valence-corrected chi connectivity index (χ3v) is 3.66. The number of benzene rings is 1. The number of nitrogens with zero attached hydrogens (tertiary/aromatic N) is 1. The number of nitro benzene ring substituents is 1. The molecule has 1 aromatic carbocycles. The highest BCUT2D eigenvalue weighted by molar-refractivity contribution is 6.32. The zero-order valence-corrected chi connectivity index (χ0v) is 11.3. The van der Waals surface area contributed by atoms with Crippen LogP contribution in [0.4, 0.5) is 5.69 Å². The second-order valence-corrected chi connectivity index (χ2v) is 5.22. The summed E-state index contributed by atoms with van der Waals surface area (Å²) in [6.45, 7) is -0.239. The minimum absolute atomic E-state index is 0.0541. The van der Waals surface area contributed by atoms with Gasteiger partial charge in [0.05, 0.1) is 9.95 Å². The van der Waals surface area contributed by atoms with E-state index in [9.17, 15) is 14.9 Å². The summed E-state index contributed by atoms with van der Waals surface area (Å²) in [4.78, 5) is 21.8. The van der Waals surface area contributed by atoms with Crippen molar-refractivity contribution in [1.29, 1.82) is 0 Å². The van der Waals surface area contributed by atoms with E-state index in [4.69, 9.17) is 27.8 Å². The van der Waals surface area contributed by atoms with Gasteiger partial charge in [0.15, 0.2) is 0 Å². The molecule has 1 aromatic rings. The average molecular weight is 300 g/mol. The van der Waals surface area contributed by atoms with Gasteiger partial charge in [-0.15, -0.1) is 0 Å². The van der Waals surface area contributed by atoms with Gasteiger partial charge in [0, 0.05) is 6.07 Å². The molecule has 1 unspecified atom stereocenters. The van der Waals surface area contributed by atoms with Gasteiger partial charge in [-0.1, -0.05) is 17.7 Å². The first kappa shape index (κ1) is 14.5. The predicted octanol–water partition coefficient (Wildman–Crippen LogP) is 1.22. The minimum Gasteiger partial charge on any atom is -0.483 e. The highest BCUT2D eigenvalue weighted by Crippen LogP contribution is 2.40. The Kier molecular flexibility index (Phi) is 3.82. The van der Waals surface area contributed by atoms with Gasteiger partial charge in [0.25, 0.3) is 0 Å². The molecule has 7 nitrogen and oxygen atoms in total. The Bertz CT molecular complexity index is 562. The van der Waals surface area contributed by atoms with Crippen molar-refractivity contribution in [3.8, 4) is 5.75 Å². The van der Waals surface area contributed by atoms with Crippen molar-refractivity contribution in [2.24, 2.45) is 17.4 Å².